The first-order valence-electron chi connectivity index (χ1n) is 9.64. The van der Waals surface area contributed by atoms with Crippen molar-refractivity contribution in [2.24, 2.45) is 0 Å². The number of amidine groups is 1. The van der Waals surface area contributed by atoms with Gasteiger partial charge < -0.3 is 15.7 Å². The van der Waals surface area contributed by atoms with Gasteiger partial charge in [-0.15, -0.1) is 22.7 Å². The fraction of sp³-hybridized carbons (Fsp3) is 0.227. The summed E-state index contributed by atoms with van der Waals surface area (Å²) >= 11 is 2.89. The minimum atomic E-state index is -0.836. The Hall–Kier alpha value is -2.81. The molecule has 0 aliphatic heterocycles. The number of thiophene rings is 2. The Bertz CT molecular complexity index is 1120. The summed E-state index contributed by atoms with van der Waals surface area (Å²) in [4.78, 5) is 26.7. The number of carbonyl (C=O) groups is 2. The number of rotatable bonds is 7. The highest BCUT2D eigenvalue weighted by Gasteiger charge is 2.22. The fourth-order valence-corrected chi connectivity index (χ4v) is 5.48. The molecule has 30 heavy (non-hydrogen) atoms. The van der Waals surface area contributed by atoms with Crippen LogP contribution in [0, 0.1) is 5.41 Å². The van der Waals surface area contributed by atoms with Crippen molar-refractivity contribution < 1.29 is 14.7 Å². The van der Waals surface area contributed by atoms with Crippen molar-refractivity contribution in [3.05, 3.63) is 68.2 Å². The van der Waals surface area contributed by atoms with Crippen molar-refractivity contribution in [2.75, 3.05) is 6.54 Å². The van der Waals surface area contributed by atoms with E-state index in [0.717, 1.165) is 22.6 Å². The van der Waals surface area contributed by atoms with Crippen LogP contribution in [0.25, 0.3) is 10.4 Å². The molecule has 3 aromatic rings. The second-order valence-corrected chi connectivity index (χ2v) is 9.26. The molecule has 2 heterocycles. The molecule has 6 nitrogen and oxygen atoms in total. The summed E-state index contributed by atoms with van der Waals surface area (Å²) in [6, 6.07) is 13.9. The monoisotopic (exact) mass is 439 g/mol. The average Bonchev–Trinajstić information content (AvgIpc) is 3.38. The van der Waals surface area contributed by atoms with E-state index in [1.54, 1.807) is 6.07 Å². The molecule has 0 unspecified atom stereocenters. The Morgan fingerprint density at radius 3 is 2.67 bits per heavy atom. The molecule has 8 heteroatoms. The van der Waals surface area contributed by atoms with Gasteiger partial charge in [0.25, 0.3) is 5.91 Å². The van der Waals surface area contributed by atoms with E-state index in [1.165, 1.54) is 39.4 Å². The number of aryl methyl sites for hydroxylation is 2. The molecule has 0 bridgehead atoms. The van der Waals surface area contributed by atoms with Gasteiger partial charge >= 0.3 is 5.97 Å². The molecule has 4 N–H and O–H groups in total. The molecule has 0 radical (unpaired) electrons. The average molecular weight is 440 g/mol. The van der Waals surface area contributed by atoms with Crippen LogP contribution in [0.2, 0.25) is 0 Å². The van der Waals surface area contributed by atoms with Crippen molar-refractivity contribution in [3.63, 3.8) is 0 Å². The third kappa shape index (κ3) is 4.51. The van der Waals surface area contributed by atoms with Gasteiger partial charge in [-0.3, -0.25) is 15.0 Å². The second-order valence-electron chi connectivity index (χ2n) is 7.04. The Balaban J connectivity index is 1.39. The zero-order chi connectivity index (χ0) is 21.1. The fourth-order valence-electron chi connectivity index (χ4n) is 3.43. The summed E-state index contributed by atoms with van der Waals surface area (Å²) in [5.41, 5.74) is 3.71. The smallest absolute Gasteiger partial charge is 0.304 e. The van der Waals surface area contributed by atoms with Gasteiger partial charge in [0.1, 0.15) is 5.84 Å². The van der Waals surface area contributed by atoms with Crippen LogP contribution in [0.5, 0.6) is 0 Å². The summed E-state index contributed by atoms with van der Waals surface area (Å²) in [5, 5.41) is 22.7. The van der Waals surface area contributed by atoms with Crippen LogP contribution < -0.4 is 10.6 Å². The first-order chi connectivity index (χ1) is 14.5. The SMILES string of the molecule is N=C(NC(=O)c1cc2c(s1)-c1ccccc1CC2)c1ccc(CNCCC(=O)O)s1. The van der Waals surface area contributed by atoms with Gasteiger partial charge in [0, 0.05) is 22.8 Å². The minimum absolute atomic E-state index is 0.0688. The number of carbonyl (C=O) groups excluding carboxylic acids is 1. The third-order valence-electron chi connectivity index (χ3n) is 4.92. The van der Waals surface area contributed by atoms with Gasteiger partial charge in [-0.1, -0.05) is 24.3 Å². The summed E-state index contributed by atoms with van der Waals surface area (Å²) in [5.74, 6) is -1.02. The minimum Gasteiger partial charge on any atom is -0.481 e. The summed E-state index contributed by atoms with van der Waals surface area (Å²) in [6.07, 6.45) is 1.98. The molecule has 0 atom stereocenters. The van der Waals surface area contributed by atoms with E-state index in [2.05, 4.69) is 22.8 Å². The quantitative estimate of drug-likeness (QED) is 0.255. The molecule has 0 saturated heterocycles. The number of carboxylic acids is 1. The zero-order valence-corrected chi connectivity index (χ0v) is 17.8. The molecule has 1 aliphatic carbocycles. The number of nitrogens with one attached hydrogen (secondary N) is 3. The predicted molar refractivity (Wildman–Crippen MR) is 120 cm³/mol. The highest BCUT2D eigenvalue weighted by Crippen LogP contribution is 2.39. The standard InChI is InChI=1S/C22H21N3O3S2/c23-21(17-8-7-15(29-17)12-24-10-9-19(26)27)25-22(28)18-11-14-6-5-13-3-1-2-4-16(13)20(14)30-18/h1-4,7-8,11,24H,5-6,9-10,12H2,(H,26,27)(H2,23,25,28). The number of hydrogen-bond acceptors (Lipinski definition) is 6. The van der Waals surface area contributed by atoms with E-state index in [0.29, 0.717) is 22.8 Å². The number of amides is 1. The van der Waals surface area contributed by atoms with Crippen molar-refractivity contribution in [1.29, 1.82) is 5.41 Å². The maximum absolute atomic E-state index is 12.7. The Labute approximate surface area is 182 Å². The molecule has 4 rings (SSSR count). The molecular formula is C22H21N3O3S2. The van der Waals surface area contributed by atoms with Crippen LogP contribution in [0.1, 0.15) is 37.0 Å². The summed E-state index contributed by atoms with van der Waals surface area (Å²) < 4.78 is 0. The molecule has 2 aromatic heterocycles. The lowest BCUT2D eigenvalue weighted by atomic mass is 9.91. The zero-order valence-electron chi connectivity index (χ0n) is 16.2. The second kappa shape index (κ2) is 8.91. The van der Waals surface area contributed by atoms with E-state index < -0.39 is 5.97 Å². The highest BCUT2D eigenvalue weighted by atomic mass is 32.1. The lowest BCUT2D eigenvalue weighted by Gasteiger charge is -2.15. The molecule has 0 saturated carbocycles. The number of aliphatic carboxylic acids is 1. The Kier molecular flexibility index (Phi) is 6.08. The Morgan fingerprint density at radius 1 is 1.03 bits per heavy atom. The van der Waals surface area contributed by atoms with E-state index in [1.807, 2.05) is 24.3 Å². The summed E-state index contributed by atoms with van der Waals surface area (Å²) in [6.45, 7) is 0.930. The lowest BCUT2D eigenvalue weighted by molar-refractivity contribution is -0.136. The van der Waals surface area contributed by atoms with Crippen LogP contribution in [0.4, 0.5) is 0 Å². The van der Waals surface area contributed by atoms with Crippen LogP contribution in [-0.2, 0) is 24.2 Å². The molecule has 0 spiro atoms. The maximum atomic E-state index is 12.7. The topological polar surface area (TPSA) is 102 Å². The molecular weight excluding hydrogens is 418 g/mol. The van der Waals surface area contributed by atoms with Crippen molar-refractivity contribution in [1.82, 2.24) is 10.6 Å². The maximum Gasteiger partial charge on any atom is 0.304 e. The van der Waals surface area contributed by atoms with E-state index >= 15 is 0 Å². The van der Waals surface area contributed by atoms with E-state index in [-0.39, 0.29) is 18.2 Å². The third-order valence-corrected chi connectivity index (χ3v) is 7.23. The molecule has 154 valence electrons. The first kappa shape index (κ1) is 20.5. The van der Waals surface area contributed by atoms with Crippen molar-refractivity contribution in [3.8, 4) is 10.4 Å². The van der Waals surface area contributed by atoms with Gasteiger partial charge in [-0.05, 0) is 47.7 Å². The van der Waals surface area contributed by atoms with Crippen LogP contribution in [-0.4, -0.2) is 29.4 Å². The Morgan fingerprint density at radius 2 is 1.83 bits per heavy atom. The van der Waals surface area contributed by atoms with Gasteiger partial charge in [0.05, 0.1) is 16.2 Å². The predicted octanol–water partition coefficient (Wildman–Crippen LogP) is 3.89. The van der Waals surface area contributed by atoms with Gasteiger partial charge in [0.15, 0.2) is 0 Å². The molecule has 1 aromatic carbocycles. The number of carboxylic acid groups (broad SMARTS) is 1. The number of hydrogen-bond donors (Lipinski definition) is 4. The molecule has 1 amide bonds. The number of fused-ring (bicyclic) bond motifs is 3. The van der Waals surface area contributed by atoms with E-state index in [9.17, 15) is 9.59 Å². The summed E-state index contributed by atoms with van der Waals surface area (Å²) in [7, 11) is 0. The van der Waals surface area contributed by atoms with E-state index in [4.69, 9.17) is 10.5 Å². The van der Waals surface area contributed by atoms with Gasteiger partial charge in [-0.2, -0.15) is 0 Å². The normalized spacial score (nSPS) is 12.1. The highest BCUT2D eigenvalue weighted by molar-refractivity contribution is 7.17. The largest absolute Gasteiger partial charge is 0.481 e. The van der Waals surface area contributed by atoms with Gasteiger partial charge in [-0.25, -0.2) is 0 Å². The number of benzene rings is 1. The van der Waals surface area contributed by atoms with Crippen molar-refractivity contribution >= 4 is 40.4 Å². The lowest BCUT2D eigenvalue weighted by Crippen LogP contribution is -2.29. The van der Waals surface area contributed by atoms with Crippen LogP contribution >= 0.6 is 22.7 Å². The van der Waals surface area contributed by atoms with Crippen LogP contribution in [0.15, 0.2) is 42.5 Å². The van der Waals surface area contributed by atoms with Gasteiger partial charge in [0.2, 0.25) is 0 Å². The first-order valence-corrected chi connectivity index (χ1v) is 11.3. The van der Waals surface area contributed by atoms with Crippen LogP contribution in [0.3, 0.4) is 0 Å². The molecule has 1 aliphatic rings. The molecule has 0 fully saturated rings. The van der Waals surface area contributed by atoms with Crippen molar-refractivity contribution in [2.45, 2.75) is 25.8 Å².